The highest BCUT2D eigenvalue weighted by molar-refractivity contribution is 6.04. The molecule has 5 nitrogen and oxygen atoms in total. The number of nitrogens with zero attached hydrogens (tertiary/aromatic N) is 1. The topological polar surface area (TPSA) is 69.6 Å². The largest absolute Gasteiger partial charge is 0.395 e. The van der Waals surface area contributed by atoms with E-state index < -0.39 is 0 Å². The van der Waals surface area contributed by atoms with Crippen LogP contribution in [-0.4, -0.2) is 41.5 Å². The summed E-state index contributed by atoms with van der Waals surface area (Å²) < 4.78 is 0. The normalized spacial score (nSPS) is 10.2. The van der Waals surface area contributed by atoms with Crippen molar-refractivity contribution in [2.24, 2.45) is 0 Å². The number of rotatable bonds is 6. The zero-order valence-electron chi connectivity index (χ0n) is 13.0. The molecule has 0 aliphatic heterocycles. The van der Waals surface area contributed by atoms with Crippen molar-refractivity contribution in [1.29, 1.82) is 0 Å². The fraction of sp³-hybridized carbons (Fsp3) is 0.222. The molecular formula is C18H20N2O3. The van der Waals surface area contributed by atoms with Crippen molar-refractivity contribution in [3.05, 3.63) is 65.7 Å². The molecule has 2 amide bonds. The first-order chi connectivity index (χ1) is 11.2. The lowest BCUT2D eigenvalue weighted by molar-refractivity contribution is 0.0732. The van der Waals surface area contributed by atoms with Crippen LogP contribution in [0.4, 0.5) is 5.69 Å². The van der Waals surface area contributed by atoms with Gasteiger partial charge in [-0.15, -0.1) is 0 Å². The van der Waals surface area contributed by atoms with Crippen molar-refractivity contribution in [1.82, 2.24) is 4.90 Å². The number of aliphatic hydroxyl groups excluding tert-OH is 1. The van der Waals surface area contributed by atoms with E-state index >= 15 is 0 Å². The molecule has 0 saturated carbocycles. The lowest BCUT2D eigenvalue weighted by atomic mass is 10.1. The van der Waals surface area contributed by atoms with Gasteiger partial charge in [-0.05, 0) is 43.3 Å². The smallest absolute Gasteiger partial charge is 0.255 e. The Kier molecular flexibility index (Phi) is 5.88. The van der Waals surface area contributed by atoms with Gasteiger partial charge in [-0.2, -0.15) is 0 Å². The predicted octanol–water partition coefficient (Wildman–Crippen LogP) is 2.39. The Hall–Kier alpha value is -2.66. The van der Waals surface area contributed by atoms with Crippen molar-refractivity contribution < 1.29 is 14.7 Å². The number of hydrogen-bond donors (Lipinski definition) is 2. The third-order valence-corrected chi connectivity index (χ3v) is 3.46. The second-order valence-corrected chi connectivity index (χ2v) is 5.01. The monoisotopic (exact) mass is 312 g/mol. The number of hydrogen-bond acceptors (Lipinski definition) is 3. The molecule has 0 fully saturated rings. The number of carbonyl (C=O) groups excluding carboxylic acids is 2. The van der Waals surface area contributed by atoms with Crippen LogP contribution in [0, 0.1) is 0 Å². The van der Waals surface area contributed by atoms with E-state index in [1.807, 2.05) is 13.0 Å². The highest BCUT2D eigenvalue weighted by Crippen LogP contribution is 2.13. The molecule has 0 heterocycles. The van der Waals surface area contributed by atoms with Gasteiger partial charge < -0.3 is 15.3 Å². The minimum Gasteiger partial charge on any atom is -0.395 e. The third-order valence-electron chi connectivity index (χ3n) is 3.46. The van der Waals surface area contributed by atoms with Gasteiger partial charge in [-0.25, -0.2) is 0 Å². The Labute approximate surface area is 135 Å². The minimum atomic E-state index is -0.194. The second kappa shape index (κ2) is 8.10. The number of carbonyl (C=O) groups is 2. The Morgan fingerprint density at radius 2 is 1.65 bits per heavy atom. The standard InChI is InChI=1S/C18H20N2O3/c1-2-20(12-13-21)18(23)15-8-10-16(11-9-15)19-17(22)14-6-4-3-5-7-14/h3-11,21H,2,12-13H2,1H3,(H,19,22). The van der Waals surface area contributed by atoms with Crippen LogP contribution < -0.4 is 5.32 Å². The lowest BCUT2D eigenvalue weighted by Gasteiger charge is -2.19. The molecule has 120 valence electrons. The first-order valence-corrected chi connectivity index (χ1v) is 7.52. The molecule has 0 bridgehead atoms. The van der Waals surface area contributed by atoms with Crippen molar-refractivity contribution in [2.45, 2.75) is 6.92 Å². The first-order valence-electron chi connectivity index (χ1n) is 7.52. The van der Waals surface area contributed by atoms with E-state index in [-0.39, 0.29) is 18.4 Å². The Bertz CT molecular complexity index is 654. The minimum absolute atomic E-state index is 0.0647. The maximum Gasteiger partial charge on any atom is 0.255 e. The molecule has 2 rings (SSSR count). The number of amides is 2. The van der Waals surface area contributed by atoms with Gasteiger partial charge in [0.2, 0.25) is 0 Å². The summed E-state index contributed by atoms with van der Waals surface area (Å²) >= 11 is 0. The summed E-state index contributed by atoms with van der Waals surface area (Å²) in [4.78, 5) is 25.9. The van der Waals surface area contributed by atoms with Crippen molar-refractivity contribution in [3.8, 4) is 0 Å². The molecule has 2 N–H and O–H groups in total. The Morgan fingerprint density at radius 1 is 1.00 bits per heavy atom. The van der Waals surface area contributed by atoms with Gasteiger partial charge >= 0.3 is 0 Å². The van der Waals surface area contributed by atoms with Crippen LogP contribution in [-0.2, 0) is 0 Å². The molecule has 0 spiro atoms. The van der Waals surface area contributed by atoms with Gasteiger partial charge in [0, 0.05) is 29.9 Å². The molecule has 0 saturated heterocycles. The summed E-state index contributed by atoms with van der Waals surface area (Å²) in [5.41, 5.74) is 1.73. The number of aliphatic hydroxyl groups is 1. The van der Waals surface area contributed by atoms with Crippen molar-refractivity contribution in [3.63, 3.8) is 0 Å². The summed E-state index contributed by atoms with van der Waals surface area (Å²) in [7, 11) is 0. The molecule has 2 aromatic rings. The number of likely N-dealkylation sites (N-methyl/N-ethyl adjacent to an activating group) is 1. The van der Waals surface area contributed by atoms with Gasteiger partial charge in [0.15, 0.2) is 0 Å². The van der Waals surface area contributed by atoms with E-state index in [1.165, 1.54) is 0 Å². The maximum absolute atomic E-state index is 12.2. The second-order valence-electron chi connectivity index (χ2n) is 5.01. The molecule has 0 aromatic heterocycles. The van der Waals surface area contributed by atoms with Crippen LogP contribution in [0.5, 0.6) is 0 Å². The molecule has 23 heavy (non-hydrogen) atoms. The molecule has 0 unspecified atom stereocenters. The van der Waals surface area contributed by atoms with Gasteiger partial charge in [-0.3, -0.25) is 9.59 Å². The number of nitrogens with one attached hydrogen (secondary N) is 1. The van der Waals surface area contributed by atoms with Crippen LogP contribution in [0.25, 0.3) is 0 Å². The molecule has 5 heteroatoms. The zero-order valence-corrected chi connectivity index (χ0v) is 13.0. The molecule has 0 radical (unpaired) electrons. The van der Waals surface area contributed by atoms with Crippen LogP contribution in [0.3, 0.4) is 0 Å². The van der Waals surface area contributed by atoms with Gasteiger partial charge in [-0.1, -0.05) is 18.2 Å². The quantitative estimate of drug-likeness (QED) is 0.860. The summed E-state index contributed by atoms with van der Waals surface area (Å²) in [5.74, 6) is -0.331. The third kappa shape index (κ3) is 4.40. The fourth-order valence-corrected chi connectivity index (χ4v) is 2.20. The Balaban J connectivity index is 2.05. The first kappa shape index (κ1) is 16.7. The molecule has 0 aliphatic rings. The Morgan fingerprint density at radius 3 is 2.22 bits per heavy atom. The lowest BCUT2D eigenvalue weighted by Crippen LogP contribution is -2.33. The summed E-state index contributed by atoms with van der Waals surface area (Å²) in [5, 5.41) is 11.8. The van der Waals surface area contributed by atoms with Crippen molar-refractivity contribution in [2.75, 3.05) is 25.0 Å². The fourth-order valence-electron chi connectivity index (χ4n) is 2.20. The van der Waals surface area contributed by atoms with E-state index in [1.54, 1.807) is 53.4 Å². The predicted molar refractivity (Wildman–Crippen MR) is 89.5 cm³/mol. The van der Waals surface area contributed by atoms with E-state index in [2.05, 4.69) is 5.32 Å². The average molecular weight is 312 g/mol. The van der Waals surface area contributed by atoms with Crippen molar-refractivity contribution >= 4 is 17.5 Å². The summed E-state index contributed by atoms with van der Waals surface area (Å²) in [6.07, 6.45) is 0. The van der Waals surface area contributed by atoms with Gasteiger partial charge in [0.25, 0.3) is 11.8 Å². The van der Waals surface area contributed by atoms with Crippen LogP contribution in [0.1, 0.15) is 27.6 Å². The van der Waals surface area contributed by atoms with Gasteiger partial charge in [0.05, 0.1) is 6.61 Å². The summed E-state index contributed by atoms with van der Waals surface area (Å²) in [6.45, 7) is 2.64. The van der Waals surface area contributed by atoms with Crippen LogP contribution >= 0.6 is 0 Å². The zero-order chi connectivity index (χ0) is 16.7. The number of benzene rings is 2. The highest BCUT2D eigenvalue weighted by Gasteiger charge is 2.13. The molecule has 0 atom stereocenters. The van der Waals surface area contributed by atoms with E-state index in [0.717, 1.165) is 0 Å². The molecule has 2 aromatic carbocycles. The van der Waals surface area contributed by atoms with E-state index in [4.69, 9.17) is 5.11 Å². The SMILES string of the molecule is CCN(CCO)C(=O)c1ccc(NC(=O)c2ccccc2)cc1. The van der Waals surface area contributed by atoms with Gasteiger partial charge in [0.1, 0.15) is 0 Å². The highest BCUT2D eigenvalue weighted by atomic mass is 16.3. The summed E-state index contributed by atoms with van der Waals surface area (Å²) in [6, 6.07) is 15.7. The average Bonchev–Trinajstić information content (AvgIpc) is 2.60. The molecular weight excluding hydrogens is 292 g/mol. The van der Waals surface area contributed by atoms with Crippen LogP contribution in [0.15, 0.2) is 54.6 Å². The maximum atomic E-state index is 12.2. The van der Waals surface area contributed by atoms with E-state index in [0.29, 0.717) is 29.9 Å². The van der Waals surface area contributed by atoms with Crippen LogP contribution in [0.2, 0.25) is 0 Å². The van der Waals surface area contributed by atoms with E-state index in [9.17, 15) is 9.59 Å². The molecule has 0 aliphatic carbocycles. The number of anilines is 1.